The fourth-order valence-electron chi connectivity index (χ4n) is 2.65. The van der Waals surface area contributed by atoms with E-state index in [0.717, 1.165) is 17.7 Å². The van der Waals surface area contributed by atoms with E-state index in [1.165, 1.54) is 12.1 Å². The van der Waals surface area contributed by atoms with Crippen LogP contribution in [0.25, 0.3) is 0 Å². The zero-order valence-corrected chi connectivity index (χ0v) is 16.6. The smallest absolute Gasteiger partial charge is 0.252 e. The highest BCUT2D eigenvalue weighted by Gasteiger charge is 2.09. The predicted octanol–water partition coefficient (Wildman–Crippen LogP) is 1.88. The van der Waals surface area contributed by atoms with Gasteiger partial charge in [-0.25, -0.2) is 0 Å². The summed E-state index contributed by atoms with van der Waals surface area (Å²) in [6.07, 6.45) is 0.867. The number of carbonyl (C=O) groups is 1. The number of benzene rings is 2. The van der Waals surface area contributed by atoms with Crippen molar-refractivity contribution in [3.05, 3.63) is 53.6 Å². The molecule has 0 saturated heterocycles. The molecule has 1 unspecified atom stereocenters. The number of hydrogen-bond donors (Lipinski definition) is 4. The average molecular weight is 411 g/mol. The highest BCUT2D eigenvalue weighted by atomic mass is 35.5. The lowest BCUT2D eigenvalue weighted by Crippen LogP contribution is -2.30. The monoisotopic (exact) mass is 410 g/mol. The van der Waals surface area contributed by atoms with E-state index in [-0.39, 0.29) is 23.7 Å². The second-order valence-electron chi connectivity index (χ2n) is 6.10. The van der Waals surface area contributed by atoms with Gasteiger partial charge >= 0.3 is 0 Å². The van der Waals surface area contributed by atoms with E-state index in [9.17, 15) is 15.0 Å². The normalized spacial score (nSPS) is 11.4. The molecule has 1 atom stereocenters. The molecule has 0 aliphatic heterocycles. The van der Waals surface area contributed by atoms with Gasteiger partial charge in [-0.05, 0) is 42.7 Å². The molecule has 7 nitrogen and oxygen atoms in total. The third-order valence-electron chi connectivity index (χ3n) is 4.10. The van der Waals surface area contributed by atoms with E-state index < -0.39 is 12.0 Å². The number of aliphatic hydroxyl groups is 1. The average Bonchev–Trinajstić information content (AvgIpc) is 2.67. The summed E-state index contributed by atoms with van der Waals surface area (Å²) in [5.41, 5.74) is 6.27. The molecule has 0 fully saturated rings. The molecular formula is C20H27ClN2O5. The Labute approximate surface area is 170 Å². The van der Waals surface area contributed by atoms with E-state index in [0.29, 0.717) is 31.9 Å². The van der Waals surface area contributed by atoms with Crippen LogP contribution in [0.4, 0.5) is 0 Å². The molecule has 0 spiro atoms. The second kappa shape index (κ2) is 12.1. The molecule has 28 heavy (non-hydrogen) atoms. The topological polar surface area (TPSA) is 114 Å². The van der Waals surface area contributed by atoms with E-state index in [1.54, 1.807) is 13.2 Å². The number of aliphatic hydroxyl groups excluding tert-OH is 1. The SMILES string of the molecule is COc1ccccc1CCC(O)CNCCOc1ccc(O)c(C(N)=O)c1.Cl. The standard InChI is InChI=1S/C20H26N2O5.ClH/c1-26-19-5-3-2-4-14(19)6-7-15(23)13-22-10-11-27-16-8-9-18(24)17(12-16)20(21)25;/h2-5,8-9,12,15,22-24H,6-7,10-11,13H2,1H3,(H2,21,25);1H. The molecule has 2 rings (SSSR count). The molecule has 0 radical (unpaired) electrons. The van der Waals surface area contributed by atoms with Crippen molar-refractivity contribution >= 4 is 18.3 Å². The van der Waals surface area contributed by atoms with Crippen molar-refractivity contribution < 1.29 is 24.5 Å². The number of halogens is 1. The Morgan fingerprint density at radius 2 is 2.00 bits per heavy atom. The first kappa shape index (κ1) is 23.6. The Hall–Kier alpha value is -2.48. The lowest BCUT2D eigenvalue weighted by molar-refractivity contribution is 0.0997. The predicted molar refractivity (Wildman–Crippen MR) is 110 cm³/mol. The summed E-state index contributed by atoms with van der Waals surface area (Å²) in [6, 6.07) is 12.1. The van der Waals surface area contributed by atoms with Crippen molar-refractivity contribution in [1.29, 1.82) is 0 Å². The number of methoxy groups -OCH3 is 1. The van der Waals surface area contributed by atoms with Gasteiger partial charge in [0.2, 0.25) is 0 Å². The fraction of sp³-hybridized carbons (Fsp3) is 0.350. The van der Waals surface area contributed by atoms with Gasteiger partial charge in [-0.1, -0.05) is 18.2 Å². The van der Waals surface area contributed by atoms with Crippen molar-refractivity contribution in [3.8, 4) is 17.2 Å². The molecule has 154 valence electrons. The maximum absolute atomic E-state index is 11.2. The molecule has 0 aliphatic rings. The Balaban J connectivity index is 0.00000392. The van der Waals surface area contributed by atoms with Crippen LogP contribution in [0.5, 0.6) is 17.2 Å². The highest BCUT2D eigenvalue weighted by Crippen LogP contribution is 2.22. The van der Waals surface area contributed by atoms with Gasteiger partial charge in [0.25, 0.3) is 5.91 Å². The van der Waals surface area contributed by atoms with Crippen LogP contribution in [-0.2, 0) is 6.42 Å². The summed E-state index contributed by atoms with van der Waals surface area (Å²) >= 11 is 0. The van der Waals surface area contributed by atoms with Crippen molar-refractivity contribution in [1.82, 2.24) is 5.32 Å². The Morgan fingerprint density at radius 1 is 1.25 bits per heavy atom. The summed E-state index contributed by atoms with van der Waals surface area (Å²) < 4.78 is 10.8. The Bertz CT molecular complexity index is 757. The highest BCUT2D eigenvalue weighted by molar-refractivity contribution is 5.95. The molecule has 0 aliphatic carbocycles. The number of aromatic hydroxyl groups is 1. The van der Waals surface area contributed by atoms with Crippen LogP contribution in [0.2, 0.25) is 0 Å². The number of primary amides is 1. The van der Waals surface area contributed by atoms with Crippen LogP contribution in [0.15, 0.2) is 42.5 Å². The van der Waals surface area contributed by atoms with Gasteiger partial charge in [0, 0.05) is 13.1 Å². The van der Waals surface area contributed by atoms with Crippen LogP contribution in [0.3, 0.4) is 0 Å². The van der Waals surface area contributed by atoms with Crippen molar-refractivity contribution in [3.63, 3.8) is 0 Å². The van der Waals surface area contributed by atoms with Crippen molar-refractivity contribution in [2.75, 3.05) is 26.8 Å². The molecule has 8 heteroatoms. The van der Waals surface area contributed by atoms with E-state index in [4.69, 9.17) is 15.2 Å². The zero-order chi connectivity index (χ0) is 19.6. The summed E-state index contributed by atoms with van der Waals surface area (Å²) in [7, 11) is 1.64. The van der Waals surface area contributed by atoms with Crippen molar-refractivity contribution in [2.24, 2.45) is 5.73 Å². The minimum absolute atomic E-state index is 0. The van der Waals surface area contributed by atoms with Crippen LogP contribution in [-0.4, -0.2) is 49.0 Å². The molecular weight excluding hydrogens is 384 g/mol. The summed E-state index contributed by atoms with van der Waals surface area (Å²) in [6.45, 7) is 1.32. The lowest BCUT2D eigenvalue weighted by Gasteiger charge is -2.14. The number of ether oxygens (including phenoxy) is 2. The quantitative estimate of drug-likeness (QED) is 0.420. The van der Waals surface area contributed by atoms with Gasteiger partial charge in [0.1, 0.15) is 23.9 Å². The van der Waals surface area contributed by atoms with Gasteiger partial charge in [-0.2, -0.15) is 0 Å². The van der Waals surface area contributed by atoms with Gasteiger partial charge in [-0.15, -0.1) is 12.4 Å². The maximum atomic E-state index is 11.2. The second-order valence-corrected chi connectivity index (χ2v) is 6.10. The summed E-state index contributed by atoms with van der Waals surface area (Å²) in [5.74, 6) is 0.385. The van der Waals surface area contributed by atoms with Gasteiger partial charge < -0.3 is 30.7 Å². The third kappa shape index (κ3) is 7.26. The van der Waals surface area contributed by atoms with E-state index in [1.807, 2.05) is 24.3 Å². The third-order valence-corrected chi connectivity index (χ3v) is 4.10. The molecule has 1 amide bonds. The van der Waals surface area contributed by atoms with Gasteiger partial charge in [0.05, 0.1) is 18.8 Å². The number of carbonyl (C=O) groups excluding carboxylic acids is 1. The van der Waals surface area contributed by atoms with Crippen LogP contribution < -0.4 is 20.5 Å². The zero-order valence-electron chi connectivity index (χ0n) is 15.8. The van der Waals surface area contributed by atoms with Gasteiger partial charge in [0.15, 0.2) is 0 Å². The Kier molecular flexibility index (Phi) is 10.2. The first-order valence-corrected chi connectivity index (χ1v) is 8.77. The number of hydrogen-bond acceptors (Lipinski definition) is 6. The summed E-state index contributed by atoms with van der Waals surface area (Å²) in [5, 5.41) is 22.8. The molecule has 0 saturated carbocycles. The van der Waals surface area contributed by atoms with Crippen LogP contribution in [0.1, 0.15) is 22.3 Å². The number of rotatable bonds is 11. The number of amides is 1. The summed E-state index contributed by atoms with van der Waals surface area (Å²) in [4.78, 5) is 11.2. The minimum atomic E-state index is -0.714. The number of phenols is 1. The van der Waals surface area contributed by atoms with Crippen LogP contribution in [0, 0.1) is 0 Å². The van der Waals surface area contributed by atoms with Crippen molar-refractivity contribution in [2.45, 2.75) is 18.9 Å². The number of aryl methyl sites for hydroxylation is 1. The van der Waals surface area contributed by atoms with Gasteiger partial charge in [-0.3, -0.25) is 4.79 Å². The largest absolute Gasteiger partial charge is 0.507 e. The molecule has 0 heterocycles. The van der Waals surface area contributed by atoms with E-state index >= 15 is 0 Å². The molecule has 2 aromatic rings. The first-order chi connectivity index (χ1) is 13.0. The Morgan fingerprint density at radius 3 is 2.71 bits per heavy atom. The number of nitrogens with two attached hydrogens (primary N) is 1. The van der Waals surface area contributed by atoms with E-state index in [2.05, 4.69) is 5.32 Å². The van der Waals surface area contributed by atoms with Crippen LogP contribution >= 0.6 is 12.4 Å². The molecule has 2 aromatic carbocycles. The first-order valence-electron chi connectivity index (χ1n) is 8.77. The maximum Gasteiger partial charge on any atom is 0.252 e. The molecule has 0 bridgehead atoms. The molecule has 0 aromatic heterocycles. The number of para-hydroxylation sites is 1. The number of nitrogens with one attached hydrogen (secondary N) is 1. The lowest BCUT2D eigenvalue weighted by atomic mass is 10.1. The molecule has 5 N–H and O–H groups in total. The minimum Gasteiger partial charge on any atom is -0.507 e. The fourth-order valence-corrected chi connectivity index (χ4v) is 2.65.